The highest BCUT2D eigenvalue weighted by Crippen LogP contribution is 2.38. The van der Waals surface area contributed by atoms with E-state index in [0.29, 0.717) is 18.4 Å². The molecule has 0 radical (unpaired) electrons. The molecule has 10 heteroatoms. The highest BCUT2D eigenvalue weighted by molar-refractivity contribution is 5.94. The molecule has 1 saturated carbocycles. The molecule has 50 heavy (non-hydrogen) atoms. The monoisotopic (exact) mass is 685 g/mol. The first kappa shape index (κ1) is 38.0. The van der Waals surface area contributed by atoms with E-state index in [1.54, 1.807) is 66.7 Å². The smallest absolute Gasteiger partial charge is 0.408 e. The second kappa shape index (κ2) is 16.2. The van der Waals surface area contributed by atoms with E-state index in [1.165, 1.54) is 4.90 Å². The van der Waals surface area contributed by atoms with Gasteiger partial charge >= 0.3 is 12.1 Å². The minimum Gasteiger partial charge on any atom is -0.507 e. The average Bonchev–Trinajstić information content (AvgIpc) is 3.00. The molecule has 268 valence electrons. The molecule has 0 aromatic heterocycles. The van der Waals surface area contributed by atoms with Gasteiger partial charge in [0.1, 0.15) is 35.1 Å². The van der Waals surface area contributed by atoms with E-state index in [0.717, 1.165) is 17.5 Å². The van der Waals surface area contributed by atoms with Crippen LogP contribution >= 0.6 is 0 Å². The Morgan fingerprint density at radius 2 is 1.30 bits per heavy atom. The predicted octanol–water partition coefficient (Wildman–Crippen LogP) is 6.33. The van der Waals surface area contributed by atoms with Gasteiger partial charge in [-0.25, -0.2) is 9.59 Å². The number of para-hydroxylation sites is 1. The van der Waals surface area contributed by atoms with E-state index >= 15 is 0 Å². The molecule has 3 atom stereocenters. The van der Waals surface area contributed by atoms with Gasteiger partial charge in [0.2, 0.25) is 11.8 Å². The zero-order valence-electron chi connectivity index (χ0n) is 30.2. The van der Waals surface area contributed by atoms with Crippen molar-refractivity contribution in [3.63, 3.8) is 0 Å². The highest BCUT2D eigenvalue weighted by atomic mass is 16.6. The van der Waals surface area contributed by atoms with E-state index < -0.39 is 53.2 Å². The molecule has 3 N–H and O–H groups in total. The number of carbonyl (C=O) groups is 4. The van der Waals surface area contributed by atoms with Crippen molar-refractivity contribution in [2.24, 2.45) is 0 Å². The maximum Gasteiger partial charge on any atom is 0.408 e. The van der Waals surface area contributed by atoms with Gasteiger partial charge in [0, 0.05) is 24.4 Å². The number of esters is 1. The average molecular weight is 686 g/mol. The van der Waals surface area contributed by atoms with Crippen LogP contribution in [-0.4, -0.2) is 63.2 Å². The van der Waals surface area contributed by atoms with Crippen LogP contribution in [0.2, 0.25) is 0 Å². The number of rotatable bonds is 12. The Kier molecular flexibility index (Phi) is 12.3. The number of phenols is 1. The molecule has 1 aliphatic rings. The van der Waals surface area contributed by atoms with Crippen molar-refractivity contribution in [2.75, 3.05) is 0 Å². The standard InChI is InChI=1S/C40H51N3O7/c1-26-16-14-23-30(34(26)44)33(35(45)41-32(37(47)49-39(2,3)4)25-28-19-12-9-13-20-28)43(29-21-15-22-29)36(46)31(24-27-17-10-8-11-18-27)42-38(48)50-40(5,6)7/h8-14,16-20,23,29,31-33,44H,15,21-22,24-25H2,1-7H3,(H,41,45)(H,42,48). The third-order valence-electron chi connectivity index (χ3n) is 8.37. The summed E-state index contributed by atoms with van der Waals surface area (Å²) >= 11 is 0. The first-order valence-corrected chi connectivity index (χ1v) is 17.2. The number of hydrogen-bond acceptors (Lipinski definition) is 7. The van der Waals surface area contributed by atoms with Crippen LogP contribution in [0.1, 0.15) is 89.1 Å². The molecule has 0 spiro atoms. The molecule has 3 amide bonds. The number of alkyl carbamates (subject to hydrolysis) is 1. The molecule has 0 saturated heterocycles. The first-order valence-electron chi connectivity index (χ1n) is 17.2. The maximum atomic E-state index is 14.9. The van der Waals surface area contributed by atoms with Gasteiger partial charge in [0.15, 0.2) is 0 Å². The lowest BCUT2D eigenvalue weighted by Crippen LogP contribution is -2.59. The summed E-state index contributed by atoms with van der Waals surface area (Å²) in [6, 6.07) is 19.6. The normalized spacial score (nSPS) is 15.1. The van der Waals surface area contributed by atoms with E-state index in [1.807, 2.05) is 60.7 Å². The molecule has 4 rings (SSSR count). The summed E-state index contributed by atoms with van der Waals surface area (Å²) in [4.78, 5) is 57.8. The minimum atomic E-state index is -1.34. The van der Waals surface area contributed by atoms with Crippen molar-refractivity contribution >= 4 is 23.9 Å². The van der Waals surface area contributed by atoms with Gasteiger partial charge in [-0.3, -0.25) is 9.59 Å². The Morgan fingerprint density at radius 3 is 1.80 bits per heavy atom. The lowest BCUT2D eigenvalue weighted by molar-refractivity contribution is -0.159. The number of aromatic hydroxyl groups is 1. The van der Waals surface area contributed by atoms with Crippen molar-refractivity contribution in [1.82, 2.24) is 15.5 Å². The summed E-state index contributed by atoms with van der Waals surface area (Å²) in [7, 11) is 0. The number of carbonyl (C=O) groups excluding carboxylic acids is 4. The lowest BCUT2D eigenvalue weighted by Gasteiger charge is -2.44. The van der Waals surface area contributed by atoms with Crippen LogP contribution in [-0.2, 0) is 36.7 Å². The minimum absolute atomic E-state index is 0.130. The van der Waals surface area contributed by atoms with Gasteiger partial charge in [-0.15, -0.1) is 0 Å². The number of nitrogens with one attached hydrogen (secondary N) is 2. The third-order valence-corrected chi connectivity index (χ3v) is 8.37. The van der Waals surface area contributed by atoms with Crippen LogP contribution < -0.4 is 10.6 Å². The highest BCUT2D eigenvalue weighted by Gasteiger charge is 2.44. The van der Waals surface area contributed by atoms with Crippen LogP contribution in [0.25, 0.3) is 0 Å². The summed E-state index contributed by atoms with van der Waals surface area (Å²) in [6.45, 7) is 12.2. The Hall–Kier alpha value is -4.86. The summed E-state index contributed by atoms with van der Waals surface area (Å²) < 4.78 is 11.3. The van der Waals surface area contributed by atoms with Gasteiger partial charge in [-0.05, 0) is 84.4 Å². The number of aryl methyl sites for hydroxylation is 1. The third kappa shape index (κ3) is 10.6. The number of phenolic OH excluding ortho intramolecular Hbond substituents is 1. The van der Waals surface area contributed by atoms with E-state index in [-0.39, 0.29) is 30.2 Å². The molecule has 3 unspecified atom stereocenters. The largest absolute Gasteiger partial charge is 0.507 e. The fourth-order valence-electron chi connectivity index (χ4n) is 5.85. The van der Waals surface area contributed by atoms with Crippen LogP contribution in [0.3, 0.4) is 0 Å². The van der Waals surface area contributed by atoms with Crippen LogP contribution in [0.4, 0.5) is 4.79 Å². The Balaban J connectivity index is 1.79. The molecule has 1 aliphatic carbocycles. The Bertz CT molecular complexity index is 1630. The molecule has 0 heterocycles. The maximum absolute atomic E-state index is 14.9. The Labute approximate surface area is 295 Å². The van der Waals surface area contributed by atoms with Gasteiger partial charge in [-0.2, -0.15) is 0 Å². The molecular weight excluding hydrogens is 634 g/mol. The van der Waals surface area contributed by atoms with Gasteiger partial charge in [0.25, 0.3) is 0 Å². The SMILES string of the molecule is Cc1cccc(C(C(=O)NC(Cc2ccccc2)C(=O)OC(C)(C)C)N(C(=O)C(Cc2ccccc2)NC(=O)OC(C)(C)C)C2CCC2)c1O. The van der Waals surface area contributed by atoms with Crippen molar-refractivity contribution in [2.45, 2.75) is 116 Å². The number of ether oxygens (including phenoxy) is 2. The first-order chi connectivity index (χ1) is 23.5. The lowest BCUT2D eigenvalue weighted by atomic mass is 9.87. The quantitative estimate of drug-likeness (QED) is 0.190. The van der Waals surface area contributed by atoms with Gasteiger partial charge in [0.05, 0.1) is 0 Å². The van der Waals surface area contributed by atoms with Crippen LogP contribution in [0.5, 0.6) is 5.75 Å². The van der Waals surface area contributed by atoms with Gasteiger partial charge < -0.3 is 30.1 Å². The molecular formula is C40H51N3O7. The second-order valence-corrected chi connectivity index (χ2v) is 14.9. The van der Waals surface area contributed by atoms with Crippen LogP contribution in [0, 0.1) is 6.92 Å². The van der Waals surface area contributed by atoms with E-state index in [4.69, 9.17) is 9.47 Å². The summed E-state index contributed by atoms with van der Waals surface area (Å²) in [5.74, 6) is -1.94. The fourth-order valence-corrected chi connectivity index (χ4v) is 5.85. The summed E-state index contributed by atoms with van der Waals surface area (Å²) in [6.07, 6.45) is 1.57. The number of benzene rings is 3. The van der Waals surface area contributed by atoms with Gasteiger partial charge in [-0.1, -0.05) is 78.9 Å². The zero-order chi connectivity index (χ0) is 36.6. The topological polar surface area (TPSA) is 134 Å². The fraction of sp³-hybridized carbons (Fsp3) is 0.450. The number of amides is 3. The molecule has 10 nitrogen and oxygen atoms in total. The number of nitrogens with zero attached hydrogens (tertiary/aromatic N) is 1. The molecule has 3 aromatic rings. The van der Waals surface area contributed by atoms with E-state index in [9.17, 15) is 24.3 Å². The van der Waals surface area contributed by atoms with Crippen molar-refractivity contribution < 1.29 is 33.8 Å². The second-order valence-electron chi connectivity index (χ2n) is 14.9. The molecule has 1 fully saturated rings. The molecule has 3 aromatic carbocycles. The van der Waals surface area contributed by atoms with Crippen molar-refractivity contribution in [3.05, 3.63) is 101 Å². The van der Waals surface area contributed by atoms with Crippen molar-refractivity contribution in [3.8, 4) is 5.75 Å². The zero-order valence-corrected chi connectivity index (χ0v) is 30.2. The molecule has 0 aliphatic heterocycles. The van der Waals surface area contributed by atoms with Crippen LogP contribution in [0.15, 0.2) is 78.9 Å². The number of hydrogen-bond donors (Lipinski definition) is 3. The Morgan fingerprint density at radius 1 is 0.760 bits per heavy atom. The van der Waals surface area contributed by atoms with E-state index in [2.05, 4.69) is 10.6 Å². The van der Waals surface area contributed by atoms with Crippen molar-refractivity contribution in [1.29, 1.82) is 0 Å². The summed E-state index contributed by atoms with van der Waals surface area (Å²) in [5.41, 5.74) is 0.682. The molecule has 0 bridgehead atoms. The predicted molar refractivity (Wildman–Crippen MR) is 191 cm³/mol. The summed E-state index contributed by atoms with van der Waals surface area (Å²) in [5, 5.41) is 17.1.